The highest BCUT2D eigenvalue weighted by Gasteiger charge is 2.11. The molecule has 0 saturated carbocycles. The van der Waals surface area contributed by atoms with Crippen molar-refractivity contribution < 1.29 is 9.18 Å². The first-order chi connectivity index (χ1) is 9.08. The predicted octanol–water partition coefficient (Wildman–Crippen LogP) is 4.53. The monoisotopic (exact) mass is 321 g/mol. The van der Waals surface area contributed by atoms with Crippen LogP contribution in [-0.4, -0.2) is 5.91 Å². The highest BCUT2D eigenvalue weighted by molar-refractivity contribution is 9.09. The zero-order chi connectivity index (χ0) is 13.8. The minimum Gasteiger partial charge on any atom is -0.322 e. The fourth-order valence-corrected chi connectivity index (χ4v) is 2.18. The normalized spacial score (nSPS) is 11.9. The van der Waals surface area contributed by atoms with Crippen LogP contribution in [0.4, 0.5) is 10.1 Å². The van der Waals surface area contributed by atoms with E-state index >= 15 is 0 Å². The minimum atomic E-state index is -0.421. The van der Waals surface area contributed by atoms with E-state index in [2.05, 4.69) is 21.2 Å². The summed E-state index contributed by atoms with van der Waals surface area (Å²) in [6.45, 7) is 1.98. The maximum atomic E-state index is 13.1. The molecule has 19 heavy (non-hydrogen) atoms. The first kappa shape index (κ1) is 13.7. The molecule has 0 fully saturated rings. The number of benzene rings is 2. The molecule has 0 aliphatic rings. The minimum absolute atomic E-state index is 0.122. The van der Waals surface area contributed by atoms with Crippen molar-refractivity contribution in [3.05, 3.63) is 65.5 Å². The Hall–Kier alpha value is -1.68. The molecule has 0 aliphatic carbocycles. The summed E-state index contributed by atoms with van der Waals surface area (Å²) in [6.07, 6.45) is 0. The van der Waals surface area contributed by atoms with Gasteiger partial charge >= 0.3 is 0 Å². The van der Waals surface area contributed by atoms with Gasteiger partial charge in [0.1, 0.15) is 5.82 Å². The lowest BCUT2D eigenvalue weighted by molar-refractivity contribution is 0.102. The second-order valence-electron chi connectivity index (χ2n) is 4.17. The molecule has 1 unspecified atom stereocenters. The third-order valence-corrected chi connectivity index (χ3v) is 3.22. The van der Waals surface area contributed by atoms with E-state index in [1.54, 1.807) is 6.07 Å². The van der Waals surface area contributed by atoms with Crippen LogP contribution in [0.25, 0.3) is 0 Å². The molecule has 0 saturated heterocycles. The van der Waals surface area contributed by atoms with E-state index in [0.717, 1.165) is 11.3 Å². The van der Waals surface area contributed by atoms with Crippen molar-refractivity contribution in [2.45, 2.75) is 11.8 Å². The number of halogens is 2. The van der Waals surface area contributed by atoms with Crippen molar-refractivity contribution >= 4 is 27.5 Å². The lowest BCUT2D eigenvalue weighted by Gasteiger charge is -2.12. The summed E-state index contributed by atoms with van der Waals surface area (Å²) in [6, 6.07) is 13.1. The lowest BCUT2D eigenvalue weighted by atomic mass is 10.1. The van der Waals surface area contributed by atoms with Gasteiger partial charge in [-0.25, -0.2) is 4.39 Å². The van der Waals surface area contributed by atoms with Crippen LogP contribution in [0.2, 0.25) is 0 Å². The Bertz CT molecular complexity index is 598. The number of amides is 1. The van der Waals surface area contributed by atoms with Gasteiger partial charge in [0.25, 0.3) is 5.91 Å². The van der Waals surface area contributed by atoms with Gasteiger partial charge in [0.15, 0.2) is 0 Å². The van der Waals surface area contributed by atoms with Gasteiger partial charge in [-0.3, -0.25) is 4.79 Å². The summed E-state index contributed by atoms with van der Waals surface area (Å²) in [4.78, 5) is 12.2. The Morgan fingerprint density at radius 3 is 2.63 bits per heavy atom. The van der Waals surface area contributed by atoms with E-state index in [-0.39, 0.29) is 10.7 Å². The van der Waals surface area contributed by atoms with Gasteiger partial charge in [-0.05, 0) is 36.8 Å². The number of carbonyl (C=O) groups is 1. The number of carbonyl (C=O) groups excluding carboxylic acids is 1. The number of nitrogens with one attached hydrogen (secondary N) is 1. The molecule has 1 atom stereocenters. The van der Waals surface area contributed by atoms with E-state index in [1.165, 1.54) is 18.2 Å². The summed E-state index contributed by atoms with van der Waals surface area (Å²) < 4.78 is 13.1. The van der Waals surface area contributed by atoms with E-state index in [9.17, 15) is 9.18 Å². The van der Waals surface area contributed by atoms with Crippen LogP contribution in [-0.2, 0) is 0 Å². The summed E-state index contributed by atoms with van der Waals surface area (Å²) in [5.74, 6) is -0.741. The molecule has 2 aromatic carbocycles. The Morgan fingerprint density at radius 1 is 1.21 bits per heavy atom. The van der Waals surface area contributed by atoms with Gasteiger partial charge in [0, 0.05) is 16.1 Å². The third kappa shape index (κ3) is 3.41. The van der Waals surface area contributed by atoms with Gasteiger partial charge in [0.2, 0.25) is 0 Å². The maximum Gasteiger partial charge on any atom is 0.255 e. The van der Waals surface area contributed by atoms with Gasteiger partial charge in [-0.2, -0.15) is 0 Å². The molecule has 0 heterocycles. The van der Waals surface area contributed by atoms with Gasteiger partial charge in [0.05, 0.1) is 0 Å². The quantitative estimate of drug-likeness (QED) is 0.826. The largest absolute Gasteiger partial charge is 0.322 e. The number of anilines is 1. The van der Waals surface area contributed by atoms with Gasteiger partial charge in [-0.15, -0.1) is 0 Å². The van der Waals surface area contributed by atoms with Crippen LogP contribution >= 0.6 is 15.9 Å². The zero-order valence-electron chi connectivity index (χ0n) is 10.4. The van der Waals surface area contributed by atoms with Crippen LogP contribution in [0.15, 0.2) is 48.5 Å². The Kier molecular flexibility index (Phi) is 4.32. The smallest absolute Gasteiger partial charge is 0.255 e. The first-order valence-electron chi connectivity index (χ1n) is 5.88. The highest BCUT2D eigenvalue weighted by Crippen LogP contribution is 2.28. The SMILES string of the molecule is CC(Br)c1ccccc1NC(=O)c1cccc(F)c1. The molecular formula is C15H13BrFNO. The molecule has 98 valence electrons. The number of hydrogen-bond donors (Lipinski definition) is 1. The van der Waals surface area contributed by atoms with Crippen LogP contribution < -0.4 is 5.32 Å². The molecule has 2 nitrogen and oxygen atoms in total. The Labute approximate surface area is 119 Å². The van der Waals surface area contributed by atoms with Crippen molar-refractivity contribution in [2.24, 2.45) is 0 Å². The topological polar surface area (TPSA) is 29.1 Å². The highest BCUT2D eigenvalue weighted by atomic mass is 79.9. The van der Waals surface area contributed by atoms with E-state index in [4.69, 9.17) is 0 Å². The number of alkyl halides is 1. The van der Waals surface area contributed by atoms with E-state index < -0.39 is 5.82 Å². The van der Waals surface area contributed by atoms with E-state index in [1.807, 2.05) is 31.2 Å². The van der Waals surface area contributed by atoms with Crippen molar-refractivity contribution in [2.75, 3.05) is 5.32 Å². The average molecular weight is 322 g/mol. The van der Waals surface area contributed by atoms with Crippen molar-refractivity contribution in [1.29, 1.82) is 0 Å². The molecule has 2 aromatic rings. The number of hydrogen-bond acceptors (Lipinski definition) is 1. The summed E-state index contributed by atoms with van der Waals surface area (Å²) in [5, 5.41) is 2.80. The molecule has 2 rings (SSSR count). The lowest BCUT2D eigenvalue weighted by Crippen LogP contribution is -2.13. The van der Waals surface area contributed by atoms with Gasteiger partial charge < -0.3 is 5.32 Å². The fraction of sp³-hybridized carbons (Fsp3) is 0.133. The molecule has 0 aliphatic heterocycles. The van der Waals surface area contributed by atoms with Crippen molar-refractivity contribution in [3.8, 4) is 0 Å². The van der Waals surface area contributed by atoms with Crippen molar-refractivity contribution in [3.63, 3.8) is 0 Å². The van der Waals surface area contributed by atoms with E-state index in [0.29, 0.717) is 5.56 Å². The molecule has 4 heteroatoms. The van der Waals surface area contributed by atoms with Crippen LogP contribution in [0.5, 0.6) is 0 Å². The maximum absolute atomic E-state index is 13.1. The number of rotatable bonds is 3. The molecule has 1 N–H and O–H groups in total. The predicted molar refractivity (Wildman–Crippen MR) is 78.1 cm³/mol. The van der Waals surface area contributed by atoms with Crippen LogP contribution in [0.3, 0.4) is 0 Å². The first-order valence-corrected chi connectivity index (χ1v) is 6.79. The zero-order valence-corrected chi connectivity index (χ0v) is 11.9. The molecular weight excluding hydrogens is 309 g/mol. The number of para-hydroxylation sites is 1. The van der Waals surface area contributed by atoms with Gasteiger partial charge in [-0.1, -0.05) is 40.2 Å². The van der Waals surface area contributed by atoms with Crippen LogP contribution in [0.1, 0.15) is 27.7 Å². The summed E-state index contributed by atoms with van der Waals surface area (Å²) in [5.41, 5.74) is 2.01. The molecule has 0 bridgehead atoms. The average Bonchev–Trinajstić information content (AvgIpc) is 2.39. The molecule has 1 amide bonds. The summed E-state index contributed by atoms with van der Waals surface area (Å²) in [7, 11) is 0. The molecule has 0 aromatic heterocycles. The standard InChI is InChI=1S/C15H13BrFNO/c1-10(16)13-7-2-3-8-14(13)18-15(19)11-5-4-6-12(17)9-11/h2-10H,1H3,(H,18,19). The second kappa shape index (κ2) is 5.97. The Balaban J connectivity index is 2.24. The van der Waals surface area contributed by atoms with Crippen molar-refractivity contribution in [1.82, 2.24) is 0 Å². The Morgan fingerprint density at radius 2 is 1.95 bits per heavy atom. The van der Waals surface area contributed by atoms with Crippen LogP contribution in [0, 0.1) is 5.82 Å². The molecule has 0 radical (unpaired) electrons. The second-order valence-corrected chi connectivity index (χ2v) is 5.54. The molecule has 0 spiro atoms. The fourth-order valence-electron chi connectivity index (χ4n) is 1.78. The third-order valence-electron chi connectivity index (χ3n) is 2.72. The summed E-state index contributed by atoms with van der Waals surface area (Å²) >= 11 is 3.48.